The number of nitrogens with one attached hydrogen (secondary N) is 1. The summed E-state index contributed by atoms with van der Waals surface area (Å²) in [5, 5.41) is 2.71. The van der Waals surface area contributed by atoms with Crippen molar-refractivity contribution >= 4 is 17.6 Å². The quantitative estimate of drug-likeness (QED) is 0.732. The summed E-state index contributed by atoms with van der Waals surface area (Å²) < 4.78 is 15.6. The molecule has 0 heterocycles. The van der Waals surface area contributed by atoms with E-state index < -0.39 is 0 Å². The van der Waals surface area contributed by atoms with Crippen molar-refractivity contribution in [3.63, 3.8) is 0 Å². The summed E-state index contributed by atoms with van der Waals surface area (Å²) in [5.74, 6) is 0.900. The second-order valence-corrected chi connectivity index (χ2v) is 6.08. The van der Waals surface area contributed by atoms with E-state index in [1.807, 2.05) is 13.8 Å². The Labute approximate surface area is 153 Å². The second kappa shape index (κ2) is 9.46. The van der Waals surface area contributed by atoms with E-state index in [0.717, 1.165) is 0 Å². The third-order valence-electron chi connectivity index (χ3n) is 3.38. The monoisotopic (exact) mass is 357 g/mol. The summed E-state index contributed by atoms with van der Waals surface area (Å²) in [6, 6.07) is 13.5. The van der Waals surface area contributed by atoms with Gasteiger partial charge in [0.05, 0.1) is 19.3 Å². The zero-order valence-electron chi connectivity index (χ0n) is 15.2. The lowest BCUT2D eigenvalue weighted by Gasteiger charge is -2.09. The van der Waals surface area contributed by atoms with Crippen molar-refractivity contribution in [1.82, 2.24) is 0 Å². The van der Waals surface area contributed by atoms with Crippen molar-refractivity contribution in [2.24, 2.45) is 5.92 Å². The first-order valence-electron chi connectivity index (χ1n) is 8.32. The Morgan fingerprint density at radius 1 is 0.962 bits per heavy atom. The van der Waals surface area contributed by atoms with Crippen molar-refractivity contribution < 1.29 is 23.8 Å². The van der Waals surface area contributed by atoms with Gasteiger partial charge in [-0.3, -0.25) is 4.79 Å². The van der Waals surface area contributed by atoms with Crippen molar-refractivity contribution in [2.75, 3.05) is 25.6 Å². The van der Waals surface area contributed by atoms with E-state index in [1.165, 1.54) is 0 Å². The molecule has 0 aliphatic carbocycles. The van der Waals surface area contributed by atoms with E-state index in [-0.39, 0.29) is 24.4 Å². The predicted octanol–water partition coefficient (Wildman–Crippen LogP) is 3.53. The molecule has 0 spiro atoms. The Kier molecular flexibility index (Phi) is 7.02. The number of benzene rings is 2. The summed E-state index contributed by atoms with van der Waals surface area (Å²) in [6.45, 7) is 4.20. The van der Waals surface area contributed by atoms with E-state index >= 15 is 0 Å². The van der Waals surface area contributed by atoms with Gasteiger partial charge in [0.15, 0.2) is 6.61 Å². The standard InChI is InChI=1S/C20H23NO5/c1-14(2)12-26-20(23)15-4-6-16(7-5-15)21-19(22)13-25-18-10-8-17(24-3)9-11-18/h4-11,14H,12-13H2,1-3H3,(H,21,22). The predicted molar refractivity (Wildman–Crippen MR) is 98.7 cm³/mol. The summed E-state index contributed by atoms with van der Waals surface area (Å²) >= 11 is 0. The van der Waals surface area contributed by atoms with Crippen LogP contribution in [0.25, 0.3) is 0 Å². The molecule has 0 saturated heterocycles. The third-order valence-corrected chi connectivity index (χ3v) is 3.38. The normalized spacial score (nSPS) is 10.3. The first kappa shape index (κ1) is 19.3. The lowest BCUT2D eigenvalue weighted by molar-refractivity contribution is -0.118. The van der Waals surface area contributed by atoms with Gasteiger partial charge in [-0.25, -0.2) is 4.79 Å². The average Bonchev–Trinajstić information content (AvgIpc) is 2.65. The van der Waals surface area contributed by atoms with Crippen LogP contribution in [-0.2, 0) is 9.53 Å². The van der Waals surface area contributed by atoms with Gasteiger partial charge in [0, 0.05) is 5.69 Å². The van der Waals surface area contributed by atoms with Gasteiger partial charge in [-0.1, -0.05) is 13.8 Å². The van der Waals surface area contributed by atoms with Crippen LogP contribution in [0.1, 0.15) is 24.2 Å². The molecule has 0 fully saturated rings. The molecule has 0 aliphatic rings. The topological polar surface area (TPSA) is 73.9 Å². The number of anilines is 1. The molecule has 26 heavy (non-hydrogen) atoms. The van der Waals surface area contributed by atoms with Crippen LogP contribution in [-0.4, -0.2) is 32.2 Å². The Morgan fingerprint density at radius 2 is 1.58 bits per heavy atom. The molecule has 0 atom stereocenters. The van der Waals surface area contributed by atoms with Crippen LogP contribution in [0, 0.1) is 5.92 Å². The lowest BCUT2D eigenvalue weighted by Crippen LogP contribution is -2.20. The van der Waals surface area contributed by atoms with E-state index in [1.54, 1.807) is 55.6 Å². The minimum absolute atomic E-state index is 0.121. The van der Waals surface area contributed by atoms with E-state index in [2.05, 4.69) is 5.32 Å². The second-order valence-electron chi connectivity index (χ2n) is 6.08. The van der Waals surface area contributed by atoms with Crippen LogP contribution < -0.4 is 14.8 Å². The molecule has 138 valence electrons. The van der Waals surface area contributed by atoms with Gasteiger partial charge in [-0.2, -0.15) is 0 Å². The highest BCUT2D eigenvalue weighted by molar-refractivity contribution is 5.93. The molecule has 0 unspecified atom stereocenters. The molecular weight excluding hydrogens is 334 g/mol. The number of rotatable bonds is 8. The Bertz CT molecular complexity index is 723. The number of amides is 1. The summed E-state index contributed by atoms with van der Waals surface area (Å²) in [5.41, 5.74) is 1.02. The minimum atomic E-state index is -0.376. The summed E-state index contributed by atoms with van der Waals surface area (Å²) in [6.07, 6.45) is 0. The highest BCUT2D eigenvalue weighted by Crippen LogP contribution is 2.17. The first-order chi connectivity index (χ1) is 12.5. The Balaban J connectivity index is 1.81. The molecule has 0 bridgehead atoms. The smallest absolute Gasteiger partial charge is 0.338 e. The van der Waals surface area contributed by atoms with Gasteiger partial charge < -0.3 is 19.5 Å². The fraction of sp³-hybridized carbons (Fsp3) is 0.300. The molecule has 1 amide bonds. The van der Waals surface area contributed by atoms with Crippen LogP contribution in [0.3, 0.4) is 0 Å². The van der Waals surface area contributed by atoms with Gasteiger partial charge in [0.1, 0.15) is 11.5 Å². The SMILES string of the molecule is COc1ccc(OCC(=O)Nc2ccc(C(=O)OCC(C)C)cc2)cc1. The van der Waals surface area contributed by atoms with Gasteiger partial charge >= 0.3 is 5.97 Å². The Morgan fingerprint density at radius 3 is 2.15 bits per heavy atom. The molecule has 2 rings (SSSR count). The summed E-state index contributed by atoms with van der Waals surface area (Å²) in [4.78, 5) is 23.8. The zero-order chi connectivity index (χ0) is 18.9. The van der Waals surface area contributed by atoms with Crippen molar-refractivity contribution in [3.8, 4) is 11.5 Å². The zero-order valence-corrected chi connectivity index (χ0v) is 15.2. The van der Waals surface area contributed by atoms with Gasteiger partial charge in [0.2, 0.25) is 0 Å². The van der Waals surface area contributed by atoms with Crippen molar-refractivity contribution in [2.45, 2.75) is 13.8 Å². The summed E-state index contributed by atoms with van der Waals surface area (Å²) in [7, 11) is 1.58. The highest BCUT2D eigenvalue weighted by atomic mass is 16.5. The molecule has 6 nitrogen and oxygen atoms in total. The van der Waals surface area contributed by atoms with Crippen LogP contribution in [0.4, 0.5) is 5.69 Å². The van der Waals surface area contributed by atoms with E-state index in [9.17, 15) is 9.59 Å². The first-order valence-corrected chi connectivity index (χ1v) is 8.32. The maximum absolute atomic E-state index is 12.0. The van der Waals surface area contributed by atoms with Gasteiger partial charge in [0.25, 0.3) is 5.91 Å². The molecule has 2 aromatic carbocycles. The fourth-order valence-electron chi connectivity index (χ4n) is 2.03. The maximum Gasteiger partial charge on any atom is 0.338 e. The third kappa shape index (κ3) is 6.12. The van der Waals surface area contributed by atoms with Crippen molar-refractivity contribution in [1.29, 1.82) is 0 Å². The molecule has 0 aromatic heterocycles. The molecule has 2 aromatic rings. The maximum atomic E-state index is 12.0. The van der Waals surface area contributed by atoms with Gasteiger partial charge in [-0.15, -0.1) is 0 Å². The molecule has 0 radical (unpaired) electrons. The number of hydrogen-bond donors (Lipinski definition) is 1. The molecule has 0 aliphatic heterocycles. The molecule has 0 saturated carbocycles. The van der Waals surface area contributed by atoms with Crippen molar-refractivity contribution in [3.05, 3.63) is 54.1 Å². The highest BCUT2D eigenvalue weighted by Gasteiger charge is 2.09. The van der Waals surface area contributed by atoms with Crippen LogP contribution in [0.2, 0.25) is 0 Å². The molecule has 6 heteroatoms. The van der Waals surface area contributed by atoms with Crippen LogP contribution >= 0.6 is 0 Å². The van der Waals surface area contributed by atoms with Crippen LogP contribution in [0.5, 0.6) is 11.5 Å². The number of ether oxygens (including phenoxy) is 3. The van der Waals surface area contributed by atoms with Crippen LogP contribution in [0.15, 0.2) is 48.5 Å². The molecule has 1 N–H and O–H groups in total. The number of esters is 1. The average molecular weight is 357 g/mol. The largest absolute Gasteiger partial charge is 0.497 e. The number of carbonyl (C=O) groups excluding carboxylic acids is 2. The number of hydrogen-bond acceptors (Lipinski definition) is 5. The number of methoxy groups -OCH3 is 1. The fourth-order valence-corrected chi connectivity index (χ4v) is 2.03. The number of carbonyl (C=O) groups is 2. The molecular formula is C20H23NO5. The van der Waals surface area contributed by atoms with Gasteiger partial charge in [-0.05, 0) is 54.4 Å². The minimum Gasteiger partial charge on any atom is -0.497 e. The van der Waals surface area contributed by atoms with E-state index in [4.69, 9.17) is 14.2 Å². The lowest BCUT2D eigenvalue weighted by atomic mass is 10.2. The Hall–Kier alpha value is -3.02. The van der Waals surface area contributed by atoms with E-state index in [0.29, 0.717) is 29.4 Å².